The molecule has 0 saturated carbocycles. The van der Waals surface area contributed by atoms with Gasteiger partial charge in [-0.3, -0.25) is 0 Å². The summed E-state index contributed by atoms with van der Waals surface area (Å²) in [6.07, 6.45) is 6.96. The number of halogens is 1. The SMILES string of the molecule is C#CCNC(=NCc1ccccc1OCC=C)NCC.I. The van der Waals surface area contributed by atoms with Gasteiger partial charge >= 0.3 is 0 Å². The van der Waals surface area contributed by atoms with Crippen LogP contribution in [0.5, 0.6) is 5.75 Å². The molecule has 5 heteroatoms. The maximum Gasteiger partial charge on any atom is 0.192 e. The highest BCUT2D eigenvalue weighted by molar-refractivity contribution is 14.0. The van der Waals surface area contributed by atoms with Gasteiger partial charge in [-0.25, -0.2) is 4.99 Å². The molecule has 0 radical (unpaired) electrons. The fraction of sp³-hybridized carbons (Fsp3) is 0.312. The minimum absolute atomic E-state index is 0. The number of terminal acetylenes is 1. The van der Waals surface area contributed by atoms with Crippen molar-refractivity contribution in [1.29, 1.82) is 0 Å². The minimum atomic E-state index is 0. The Hall–Kier alpha value is -1.68. The third-order valence-corrected chi connectivity index (χ3v) is 2.44. The van der Waals surface area contributed by atoms with Gasteiger partial charge in [0.1, 0.15) is 12.4 Å². The first-order chi connectivity index (χ1) is 9.81. The van der Waals surface area contributed by atoms with Crippen LogP contribution in [-0.2, 0) is 6.54 Å². The monoisotopic (exact) mass is 399 g/mol. The number of nitrogens with one attached hydrogen (secondary N) is 2. The summed E-state index contributed by atoms with van der Waals surface area (Å²) in [5.41, 5.74) is 1.02. The van der Waals surface area contributed by atoms with Crippen LogP contribution in [-0.4, -0.2) is 25.7 Å². The fourth-order valence-corrected chi connectivity index (χ4v) is 1.56. The zero-order valence-corrected chi connectivity index (χ0v) is 14.6. The van der Waals surface area contributed by atoms with E-state index in [2.05, 4.69) is 28.1 Å². The number of ether oxygens (including phenoxy) is 1. The van der Waals surface area contributed by atoms with E-state index in [1.165, 1.54) is 0 Å². The Morgan fingerprint density at radius 2 is 2.19 bits per heavy atom. The van der Waals surface area contributed by atoms with Crippen LogP contribution in [0.4, 0.5) is 0 Å². The molecule has 114 valence electrons. The molecule has 0 aromatic heterocycles. The number of para-hydroxylation sites is 1. The van der Waals surface area contributed by atoms with Crippen molar-refractivity contribution in [3.05, 3.63) is 42.5 Å². The minimum Gasteiger partial charge on any atom is -0.489 e. The Morgan fingerprint density at radius 1 is 1.43 bits per heavy atom. The maximum atomic E-state index is 5.60. The third kappa shape index (κ3) is 7.61. The van der Waals surface area contributed by atoms with Gasteiger partial charge in [0.05, 0.1) is 13.1 Å². The Bertz CT molecular complexity index is 495. The molecule has 0 bridgehead atoms. The van der Waals surface area contributed by atoms with Crippen molar-refractivity contribution in [3.63, 3.8) is 0 Å². The molecule has 1 aromatic carbocycles. The molecule has 0 spiro atoms. The van der Waals surface area contributed by atoms with E-state index >= 15 is 0 Å². The number of hydrogen-bond donors (Lipinski definition) is 2. The fourth-order valence-electron chi connectivity index (χ4n) is 1.56. The average Bonchev–Trinajstić information content (AvgIpc) is 2.48. The maximum absolute atomic E-state index is 5.60. The zero-order valence-electron chi connectivity index (χ0n) is 12.3. The third-order valence-electron chi connectivity index (χ3n) is 2.44. The van der Waals surface area contributed by atoms with Crippen molar-refractivity contribution in [3.8, 4) is 18.1 Å². The molecule has 0 saturated heterocycles. The quantitative estimate of drug-likeness (QED) is 0.244. The molecule has 21 heavy (non-hydrogen) atoms. The van der Waals surface area contributed by atoms with Gasteiger partial charge in [0.15, 0.2) is 5.96 Å². The molecule has 0 atom stereocenters. The van der Waals surface area contributed by atoms with Gasteiger partial charge in [0.25, 0.3) is 0 Å². The smallest absolute Gasteiger partial charge is 0.192 e. The lowest BCUT2D eigenvalue weighted by atomic mass is 10.2. The predicted molar refractivity (Wildman–Crippen MR) is 99.2 cm³/mol. The van der Waals surface area contributed by atoms with Crippen molar-refractivity contribution < 1.29 is 4.74 Å². The largest absolute Gasteiger partial charge is 0.489 e. The zero-order chi connectivity index (χ0) is 14.6. The first-order valence-electron chi connectivity index (χ1n) is 6.59. The molecule has 0 fully saturated rings. The van der Waals surface area contributed by atoms with Gasteiger partial charge in [-0.2, -0.15) is 0 Å². The van der Waals surface area contributed by atoms with Crippen molar-refractivity contribution >= 4 is 29.9 Å². The van der Waals surface area contributed by atoms with E-state index in [4.69, 9.17) is 11.2 Å². The molecule has 1 aromatic rings. The second-order valence-electron chi connectivity index (χ2n) is 3.96. The summed E-state index contributed by atoms with van der Waals surface area (Å²) in [4.78, 5) is 4.48. The highest BCUT2D eigenvalue weighted by Crippen LogP contribution is 2.18. The van der Waals surface area contributed by atoms with Gasteiger partial charge in [0.2, 0.25) is 0 Å². The number of guanidine groups is 1. The van der Waals surface area contributed by atoms with Gasteiger partial charge in [-0.05, 0) is 13.0 Å². The molecule has 0 aliphatic carbocycles. The summed E-state index contributed by atoms with van der Waals surface area (Å²) in [6.45, 7) is 7.89. The number of nitrogens with zero attached hydrogens (tertiary/aromatic N) is 1. The molecular formula is C16H22IN3O. The van der Waals surface area contributed by atoms with E-state index in [9.17, 15) is 0 Å². The van der Waals surface area contributed by atoms with Crippen molar-refractivity contribution in [2.75, 3.05) is 19.7 Å². The first-order valence-corrected chi connectivity index (χ1v) is 6.59. The second kappa shape index (κ2) is 12.1. The molecule has 0 aliphatic heterocycles. The predicted octanol–water partition coefficient (Wildman–Crippen LogP) is 2.56. The molecule has 0 amide bonds. The Balaban J connectivity index is 0.00000400. The molecule has 2 N–H and O–H groups in total. The summed E-state index contributed by atoms with van der Waals surface area (Å²) >= 11 is 0. The van der Waals surface area contributed by atoms with Crippen LogP contribution in [0.15, 0.2) is 41.9 Å². The molecule has 0 aliphatic rings. The number of rotatable bonds is 7. The van der Waals surface area contributed by atoms with E-state index in [1.54, 1.807) is 6.08 Å². The average molecular weight is 399 g/mol. The topological polar surface area (TPSA) is 45.7 Å². The lowest BCUT2D eigenvalue weighted by Crippen LogP contribution is -2.37. The molecular weight excluding hydrogens is 377 g/mol. The first kappa shape index (κ1) is 19.3. The Labute approximate surface area is 144 Å². The number of aliphatic imine (C=N–C) groups is 1. The van der Waals surface area contributed by atoms with Crippen LogP contribution < -0.4 is 15.4 Å². The van der Waals surface area contributed by atoms with Gasteiger partial charge in [-0.1, -0.05) is 36.8 Å². The van der Waals surface area contributed by atoms with Gasteiger partial charge in [0, 0.05) is 12.1 Å². The van der Waals surface area contributed by atoms with E-state index in [-0.39, 0.29) is 24.0 Å². The summed E-state index contributed by atoms with van der Waals surface area (Å²) in [5, 5.41) is 6.19. The van der Waals surface area contributed by atoms with Crippen molar-refractivity contribution in [2.45, 2.75) is 13.5 Å². The summed E-state index contributed by atoms with van der Waals surface area (Å²) in [7, 11) is 0. The highest BCUT2D eigenvalue weighted by atomic mass is 127. The summed E-state index contributed by atoms with van der Waals surface area (Å²) < 4.78 is 5.60. The van der Waals surface area contributed by atoms with Crippen molar-refractivity contribution in [1.82, 2.24) is 10.6 Å². The van der Waals surface area contributed by atoms with Crippen molar-refractivity contribution in [2.24, 2.45) is 4.99 Å². The number of benzene rings is 1. The second-order valence-corrected chi connectivity index (χ2v) is 3.96. The van der Waals surface area contributed by atoms with Crippen LogP contribution in [0.1, 0.15) is 12.5 Å². The Kier molecular flexibility index (Phi) is 11.1. The van der Waals surface area contributed by atoms with E-state index < -0.39 is 0 Å². The lowest BCUT2D eigenvalue weighted by Gasteiger charge is -2.11. The van der Waals surface area contributed by atoms with Crippen LogP contribution in [0.2, 0.25) is 0 Å². The van der Waals surface area contributed by atoms with Crippen LogP contribution in [0, 0.1) is 12.3 Å². The van der Waals surface area contributed by atoms with Gasteiger partial charge < -0.3 is 15.4 Å². The van der Waals surface area contributed by atoms with Crippen LogP contribution in [0.25, 0.3) is 0 Å². The summed E-state index contributed by atoms with van der Waals surface area (Å²) in [5.74, 6) is 4.05. The van der Waals surface area contributed by atoms with Crippen LogP contribution >= 0.6 is 24.0 Å². The standard InChI is InChI=1S/C16H21N3O.HI/c1-4-11-18-16(17-6-3)19-13-14-9-7-8-10-15(14)20-12-5-2;/h1,5,7-10H,2,6,11-13H2,3H3,(H2,17,18,19);1H. The van der Waals surface area contributed by atoms with E-state index in [0.717, 1.165) is 17.9 Å². The van der Waals surface area contributed by atoms with Gasteiger partial charge in [-0.15, -0.1) is 30.4 Å². The van der Waals surface area contributed by atoms with Crippen LogP contribution in [0.3, 0.4) is 0 Å². The lowest BCUT2D eigenvalue weighted by molar-refractivity contribution is 0.359. The summed E-state index contributed by atoms with van der Waals surface area (Å²) in [6, 6.07) is 7.82. The molecule has 1 rings (SSSR count). The molecule has 4 nitrogen and oxygen atoms in total. The Morgan fingerprint density at radius 3 is 2.86 bits per heavy atom. The number of hydrogen-bond acceptors (Lipinski definition) is 2. The highest BCUT2D eigenvalue weighted by Gasteiger charge is 2.02. The van der Waals surface area contributed by atoms with E-state index in [0.29, 0.717) is 25.7 Å². The normalized spacial score (nSPS) is 10.0. The van der Waals surface area contributed by atoms with E-state index in [1.807, 2.05) is 31.2 Å². The molecule has 0 heterocycles. The molecule has 0 unspecified atom stereocenters.